The molecule has 84 valence electrons. The highest BCUT2D eigenvalue weighted by molar-refractivity contribution is 7.99. The lowest BCUT2D eigenvalue weighted by molar-refractivity contribution is 0.153. The molecule has 1 heterocycles. The SMILES string of the molecule is C.CC1CCC(N2CCSCC2)CC1. The molecule has 1 aliphatic carbocycles. The van der Waals surface area contributed by atoms with Crippen molar-refractivity contribution in [3.8, 4) is 0 Å². The van der Waals surface area contributed by atoms with Crippen molar-refractivity contribution in [2.24, 2.45) is 5.92 Å². The molecule has 0 unspecified atom stereocenters. The first-order valence-electron chi connectivity index (χ1n) is 5.68. The Morgan fingerprint density at radius 3 is 2.14 bits per heavy atom. The third kappa shape index (κ3) is 3.16. The average molecular weight is 215 g/mol. The fraction of sp³-hybridized carbons (Fsp3) is 1.00. The monoisotopic (exact) mass is 215 g/mol. The molecule has 2 aliphatic rings. The fourth-order valence-electron chi connectivity index (χ4n) is 2.55. The predicted octanol–water partition coefficient (Wildman–Crippen LogP) is 3.25. The van der Waals surface area contributed by atoms with Crippen LogP contribution in [0.4, 0.5) is 0 Å². The normalized spacial score (nSPS) is 34.9. The van der Waals surface area contributed by atoms with E-state index in [1.807, 2.05) is 0 Å². The smallest absolute Gasteiger partial charge is 0.00961 e. The predicted molar refractivity (Wildman–Crippen MR) is 67.0 cm³/mol. The van der Waals surface area contributed by atoms with E-state index < -0.39 is 0 Å². The van der Waals surface area contributed by atoms with Gasteiger partial charge in [-0.05, 0) is 31.6 Å². The largest absolute Gasteiger partial charge is 0.299 e. The molecule has 14 heavy (non-hydrogen) atoms. The number of thioether (sulfide) groups is 1. The molecule has 0 aromatic carbocycles. The van der Waals surface area contributed by atoms with Crippen LogP contribution in [-0.2, 0) is 0 Å². The van der Waals surface area contributed by atoms with Gasteiger partial charge >= 0.3 is 0 Å². The van der Waals surface area contributed by atoms with Crippen LogP contribution >= 0.6 is 11.8 Å². The molecule has 0 radical (unpaired) electrons. The standard InChI is InChI=1S/C11H21NS.CH4/c1-10-2-4-11(5-3-10)12-6-8-13-9-7-12;/h10-11H,2-9H2,1H3;1H4. The molecule has 0 aromatic rings. The zero-order valence-corrected chi connectivity index (χ0v) is 9.48. The summed E-state index contributed by atoms with van der Waals surface area (Å²) < 4.78 is 0. The lowest BCUT2D eigenvalue weighted by atomic mass is 9.86. The second kappa shape index (κ2) is 6.02. The van der Waals surface area contributed by atoms with Gasteiger partial charge in [0.25, 0.3) is 0 Å². The van der Waals surface area contributed by atoms with Gasteiger partial charge in [0, 0.05) is 30.6 Å². The summed E-state index contributed by atoms with van der Waals surface area (Å²) in [5.74, 6) is 3.73. The van der Waals surface area contributed by atoms with Crippen molar-refractivity contribution in [3.63, 3.8) is 0 Å². The second-order valence-electron chi connectivity index (χ2n) is 4.56. The van der Waals surface area contributed by atoms with Crippen LogP contribution in [0.1, 0.15) is 40.0 Å². The zero-order valence-electron chi connectivity index (χ0n) is 8.67. The highest BCUT2D eigenvalue weighted by Gasteiger charge is 2.24. The Morgan fingerprint density at radius 1 is 1.00 bits per heavy atom. The molecule has 1 saturated carbocycles. The first-order valence-corrected chi connectivity index (χ1v) is 6.83. The molecule has 1 nitrogen and oxygen atoms in total. The van der Waals surface area contributed by atoms with Crippen LogP contribution in [0.15, 0.2) is 0 Å². The minimum absolute atomic E-state index is 0. The average Bonchev–Trinajstić information content (AvgIpc) is 2.20. The summed E-state index contributed by atoms with van der Waals surface area (Å²) >= 11 is 2.12. The lowest BCUT2D eigenvalue weighted by Crippen LogP contribution is -2.42. The van der Waals surface area contributed by atoms with Crippen LogP contribution in [0.2, 0.25) is 0 Å². The number of nitrogens with zero attached hydrogens (tertiary/aromatic N) is 1. The van der Waals surface area contributed by atoms with Crippen LogP contribution < -0.4 is 0 Å². The van der Waals surface area contributed by atoms with Crippen LogP contribution in [0, 0.1) is 5.92 Å². The van der Waals surface area contributed by atoms with Crippen LogP contribution in [0.25, 0.3) is 0 Å². The van der Waals surface area contributed by atoms with Crippen molar-refractivity contribution < 1.29 is 0 Å². The van der Waals surface area contributed by atoms with E-state index in [1.165, 1.54) is 50.3 Å². The molecule has 0 N–H and O–H groups in total. The Morgan fingerprint density at radius 2 is 1.57 bits per heavy atom. The summed E-state index contributed by atoms with van der Waals surface area (Å²) in [7, 11) is 0. The van der Waals surface area contributed by atoms with Crippen molar-refractivity contribution in [2.45, 2.75) is 46.1 Å². The minimum Gasteiger partial charge on any atom is -0.299 e. The summed E-state index contributed by atoms with van der Waals surface area (Å²) in [6.07, 6.45) is 5.86. The van der Waals surface area contributed by atoms with Crippen LogP contribution in [0.5, 0.6) is 0 Å². The van der Waals surface area contributed by atoms with E-state index in [2.05, 4.69) is 23.6 Å². The molecular formula is C12H25NS. The lowest BCUT2D eigenvalue weighted by Gasteiger charge is -2.38. The molecule has 2 heteroatoms. The van der Waals surface area contributed by atoms with Gasteiger partial charge < -0.3 is 0 Å². The molecule has 1 aliphatic heterocycles. The number of hydrogen-bond donors (Lipinski definition) is 0. The molecule has 0 bridgehead atoms. The number of hydrogen-bond acceptors (Lipinski definition) is 2. The van der Waals surface area contributed by atoms with Crippen molar-refractivity contribution in [1.82, 2.24) is 4.90 Å². The van der Waals surface area contributed by atoms with Crippen molar-refractivity contribution in [1.29, 1.82) is 0 Å². The Kier molecular flexibility index (Phi) is 5.32. The summed E-state index contributed by atoms with van der Waals surface area (Å²) in [6, 6.07) is 0.942. The van der Waals surface area contributed by atoms with Crippen molar-refractivity contribution in [3.05, 3.63) is 0 Å². The Hall–Kier alpha value is 0.310. The van der Waals surface area contributed by atoms with E-state index in [0.29, 0.717) is 0 Å². The quantitative estimate of drug-likeness (QED) is 0.660. The van der Waals surface area contributed by atoms with Crippen molar-refractivity contribution >= 4 is 11.8 Å². The molecule has 0 amide bonds. The summed E-state index contributed by atoms with van der Waals surface area (Å²) in [4.78, 5) is 2.74. The molecule has 0 aromatic heterocycles. The fourth-order valence-corrected chi connectivity index (χ4v) is 3.48. The third-order valence-electron chi connectivity index (χ3n) is 3.55. The van der Waals surface area contributed by atoms with E-state index >= 15 is 0 Å². The topological polar surface area (TPSA) is 3.24 Å². The third-order valence-corrected chi connectivity index (χ3v) is 4.49. The summed E-state index contributed by atoms with van der Waals surface area (Å²) in [6.45, 7) is 5.11. The molecule has 0 atom stereocenters. The van der Waals surface area contributed by atoms with E-state index in [0.717, 1.165) is 12.0 Å². The minimum atomic E-state index is 0. The Labute approximate surface area is 93.6 Å². The van der Waals surface area contributed by atoms with E-state index in [-0.39, 0.29) is 7.43 Å². The second-order valence-corrected chi connectivity index (χ2v) is 5.79. The number of rotatable bonds is 1. The zero-order chi connectivity index (χ0) is 9.10. The van der Waals surface area contributed by atoms with Gasteiger partial charge in [-0.15, -0.1) is 0 Å². The Bertz CT molecular complexity index is 146. The molecule has 1 saturated heterocycles. The first kappa shape index (κ1) is 12.4. The van der Waals surface area contributed by atoms with E-state index in [9.17, 15) is 0 Å². The molecule has 0 spiro atoms. The molecule has 2 rings (SSSR count). The van der Waals surface area contributed by atoms with Gasteiger partial charge in [-0.1, -0.05) is 14.4 Å². The first-order chi connectivity index (χ1) is 6.36. The van der Waals surface area contributed by atoms with Crippen LogP contribution in [-0.4, -0.2) is 35.5 Å². The highest BCUT2D eigenvalue weighted by atomic mass is 32.2. The summed E-state index contributed by atoms with van der Waals surface area (Å²) in [5, 5.41) is 0. The maximum atomic E-state index is 2.74. The molecule has 2 fully saturated rings. The van der Waals surface area contributed by atoms with Gasteiger partial charge in [-0.2, -0.15) is 11.8 Å². The van der Waals surface area contributed by atoms with Gasteiger partial charge in [0.1, 0.15) is 0 Å². The van der Waals surface area contributed by atoms with Crippen LogP contribution in [0.3, 0.4) is 0 Å². The van der Waals surface area contributed by atoms with Gasteiger partial charge in [-0.25, -0.2) is 0 Å². The molecular weight excluding hydrogens is 190 g/mol. The Balaban J connectivity index is 0.000000980. The van der Waals surface area contributed by atoms with Crippen molar-refractivity contribution in [2.75, 3.05) is 24.6 Å². The van der Waals surface area contributed by atoms with Gasteiger partial charge in [-0.3, -0.25) is 4.90 Å². The maximum absolute atomic E-state index is 2.74. The van der Waals surface area contributed by atoms with E-state index in [4.69, 9.17) is 0 Å². The van der Waals surface area contributed by atoms with Gasteiger partial charge in [0.2, 0.25) is 0 Å². The van der Waals surface area contributed by atoms with Gasteiger partial charge in [0.15, 0.2) is 0 Å². The van der Waals surface area contributed by atoms with E-state index in [1.54, 1.807) is 0 Å². The summed E-state index contributed by atoms with van der Waals surface area (Å²) in [5.41, 5.74) is 0. The maximum Gasteiger partial charge on any atom is 0.00961 e. The van der Waals surface area contributed by atoms with Gasteiger partial charge in [0.05, 0.1) is 0 Å². The highest BCUT2D eigenvalue weighted by Crippen LogP contribution is 2.28.